The molecular weight excluding hydrogens is 295 g/mol. The molecule has 0 amide bonds. The monoisotopic (exact) mass is 337 g/mol. The van der Waals surface area contributed by atoms with Crippen molar-refractivity contribution in [3.05, 3.63) is 0 Å². The summed E-state index contributed by atoms with van der Waals surface area (Å²) in [4.78, 5) is 0. The van der Waals surface area contributed by atoms with Gasteiger partial charge in [0, 0.05) is 7.26 Å². The smallest absolute Gasteiger partial charge is 0.0530 e. The van der Waals surface area contributed by atoms with Crippen molar-refractivity contribution in [2.45, 2.75) is 139 Å². The van der Waals surface area contributed by atoms with E-state index in [1.54, 1.807) is 77.0 Å². The maximum Gasteiger partial charge on any atom is 0.0723 e. The summed E-state index contributed by atoms with van der Waals surface area (Å²) >= 11 is 0. The van der Waals surface area contributed by atoms with E-state index in [9.17, 15) is 0 Å². The van der Waals surface area contributed by atoms with Gasteiger partial charge in [-0.25, -0.2) is 0 Å². The zero-order chi connectivity index (χ0) is 16.3. The van der Waals surface area contributed by atoms with Crippen molar-refractivity contribution in [3.63, 3.8) is 0 Å². The Morgan fingerprint density at radius 2 is 0.739 bits per heavy atom. The van der Waals surface area contributed by atoms with Crippen molar-refractivity contribution in [2.75, 3.05) is 0 Å². The molecule has 3 saturated carbocycles. The summed E-state index contributed by atoms with van der Waals surface area (Å²) in [6, 6.07) is 0. The Hall–Kier alpha value is 0.430. The lowest BCUT2D eigenvalue weighted by molar-refractivity contribution is 0.437. The topological polar surface area (TPSA) is 0 Å². The van der Waals surface area contributed by atoms with Crippen molar-refractivity contribution in [2.24, 2.45) is 0 Å². The molecule has 0 radical (unpaired) electrons. The molecule has 3 aliphatic rings. The quantitative estimate of drug-likeness (QED) is 0.461. The second kappa shape index (κ2) is 7.76. The predicted molar refractivity (Wildman–Crippen MR) is 107 cm³/mol. The van der Waals surface area contributed by atoms with E-state index in [2.05, 4.69) is 20.8 Å². The van der Waals surface area contributed by atoms with Gasteiger partial charge >= 0.3 is 0 Å². The van der Waals surface area contributed by atoms with E-state index in [-0.39, 0.29) is 0 Å². The van der Waals surface area contributed by atoms with E-state index in [0.717, 1.165) is 17.0 Å². The summed E-state index contributed by atoms with van der Waals surface area (Å²) in [6.07, 6.45) is 23.4. The number of rotatable bonds is 3. The third-order valence-corrected chi connectivity index (χ3v) is 15.2. The molecule has 0 unspecified atom stereocenters. The zero-order valence-corrected chi connectivity index (χ0v) is 17.2. The molecule has 0 nitrogen and oxygen atoms in total. The second-order valence-electron chi connectivity index (χ2n) is 9.88. The highest BCUT2D eigenvalue weighted by molar-refractivity contribution is 7.79. The second-order valence-corrected chi connectivity index (χ2v) is 15.1. The highest BCUT2D eigenvalue weighted by Gasteiger charge is 2.63. The van der Waals surface area contributed by atoms with Gasteiger partial charge in [0.2, 0.25) is 0 Å². The van der Waals surface area contributed by atoms with Crippen LogP contribution >= 0.6 is 7.26 Å². The summed E-state index contributed by atoms with van der Waals surface area (Å²) in [5.74, 6) is 0. The maximum absolute atomic E-state index is 2.68. The van der Waals surface area contributed by atoms with Gasteiger partial charge < -0.3 is 0 Å². The van der Waals surface area contributed by atoms with Crippen LogP contribution < -0.4 is 0 Å². The van der Waals surface area contributed by atoms with Crippen LogP contribution in [-0.2, 0) is 0 Å². The van der Waals surface area contributed by atoms with Crippen LogP contribution in [0.1, 0.15) is 117 Å². The van der Waals surface area contributed by atoms with Gasteiger partial charge in [0.25, 0.3) is 0 Å². The van der Waals surface area contributed by atoms with E-state index in [1.807, 2.05) is 0 Å². The fraction of sp³-hybridized carbons (Fsp3) is 1.00. The minimum atomic E-state index is -0.906. The van der Waals surface area contributed by atoms with Crippen LogP contribution in [0.4, 0.5) is 0 Å². The van der Waals surface area contributed by atoms with E-state index in [4.69, 9.17) is 0 Å². The molecule has 134 valence electrons. The Bertz CT molecular complexity index is 303. The lowest BCUT2D eigenvalue weighted by Crippen LogP contribution is -2.44. The maximum atomic E-state index is 2.68. The van der Waals surface area contributed by atoms with Crippen LogP contribution in [0.5, 0.6) is 0 Å². The van der Waals surface area contributed by atoms with Crippen molar-refractivity contribution >= 4 is 7.26 Å². The number of hydrogen-bond donors (Lipinski definition) is 0. The zero-order valence-electron chi connectivity index (χ0n) is 16.3. The van der Waals surface area contributed by atoms with E-state index >= 15 is 0 Å². The van der Waals surface area contributed by atoms with Crippen molar-refractivity contribution < 1.29 is 0 Å². The Kier molecular flexibility index (Phi) is 6.15. The molecule has 1 heteroatoms. The minimum Gasteiger partial charge on any atom is -0.0530 e. The average molecular weight is 338 g/mol. The van der Waals surface area contributed by atoms with Gasteiger partial charge in [0.05, 0.1) is 22.1 Å². The normalized spacial score (nSPS) is 27.3. The van der Waals surface area contributed by atoms with E-state index in [1.165, 1.54) is 19.3 Å². The first-order valence-electron chi connectivity index (χ1n) is 10.9. The Balaban J connectivity index is 1.99. The summed E-state index contributed by atoms with van der Waals surface area (Å²) in [5, 5.41) is 0.596. The molecule has 0 N–H and O–H groups in total. The van der Waals surface area contributed by atoms with Gasteiger partial charge in [-0.3, -0.25) is 0 Å². The molecule has 3 fully saturated rings. The fourth-order valence-corrected chi connectivity index (χ4v) is 15.8. The van der Waals surface area contributed by atoms with Gasteiger partial charge in [-0.1, -0.05) is 19.3 Å². The van der Waals surface area contributed by atoms with Gasteiger partial charge in [0.1, 0.15) is 0 Å². The molecule has 0 aliphatic heterocycles. The average Bonchev–Trinajstić information content (AvgIpc) is 2.57. The van der Waals surface area contributed by atoms with Crippen LogP contribution in [0.15, 0.2) is 0 Å². The lowest BCUT2D eigenvalue weighted by Gasteiger charge is -2.55. The van der Waals surface area contributed by atoms with E-state index < -0.39 is 7.26 Å². The standard InChI is InChI=1S/C22H42P/c1-22(2,3)23(19-13-7-4-8-14-19,20-15-9-5-10-16-20)21-17-11-6-12-18-21/h19-21H,4-18H2,1-3H3/q+1. The van der Waals surface area contributed by atoms with Crippen molar-refractivity contribution in [1.29, 1.82) is 0 Å². The molecular formula is C22H42P+. The van der Waals surface area contributed by atoms with Gasteiger partial charge in [-0.15, -0.1) is 0 Å². The van der Waals surface area contributed by atoms with Crippen molar-refractivity contribution in [1.82, 2.24) is 0 Å². The molecule has 3 aliphatic carbocycles. The van der Waals surface area contributed by atoms with Crippen LogP contribution in [0.2, 0.25) is 0 Å². The van der Waals surface area contributed by atoms with Crippen LogP contribution in [-0.4, -0.2) is 22.1 Å². The summed E-state index contributed by atoms with van der Waals surface area (Å²) in [5.41, 5.74) is 3.42. The Morgan fingerprint density at radius 1 is 0.478 bits per heavy atom. The first-order chi connectivity index (χ1) is 11.1. The third kappa shape index (κ3) is 3.54. The van der Waals surface area contributed by atoms with Crippen LogP contribution in [0, 0.1) is 0 Å². The largest absolute Gasteiger partial charge is 0.0723 e. The Morgan fingerprint density at radius 3 is 0.957 bits per heavy atom. The first kappa shape index (κ1) is 18.2. The summed E-state index contributed by atoms with van der Waals surface area (Å²) in [7, 11) is -0.906. The lowest BCUT2D eigenvalue weighted by atomic mass is 9.98. The first-order valence-corrected chi connectivity index (χ1v) is 12.9. The van der Waals surface area contributed by atoms with Gasteiger partial charge in [-0.05, 0) is 97.8 Å². The summed E-state index contributed by atoms with van der Waals surface area (Å²) in [6.45, 7) is 8.04. The molecule has 0 spiro atoms. The van der Waals surface area contributed by atoms with Crippen molar-refractivity contribution in [3.8, 4) is 0 Å². The van der Waals surface area contributed by atoms with Gasteiger partial charge in [0.15, 0.2) is 0 Å². The molecule has 0 aromatic rings. The molecule has 0 atom stereocenters. The van der Waals surface area contributed by atoms with Crippen LogP contribution in [0.3, 0.4) is 0 Å². The fourth-order valence-electron chi connectivity index (χ4n) is 7.06. The summed E-state index contributed by atoms with van der Waals surface area (Å²) < 4.78 is 0. The minimum absolute atomic E-state index is 0.596. The molecule has 0 aromatic heterocycles. The molecule has 0 heterocycles. The molecule has 23 heavy (non-hydrogen) atoms. The molecule has 0 bridgehead atoms. The third-order valence-electron chi connectivity index (χ3n) is 7.70. The Labute approximate surface area is 146 Å². The predicted octanol–water partition coefficient (Wildman–Crippen LogP) is 7.80. The van der Waals surface area contributed by atoms with E-state index in [0.29, 0.717) is 5.16 Å². The molecule has 0 aromatic carbocycles. The van der Waals surface area contributed by atoms with Gasteiger partial charge in [-0.2, -0.15) is 0 Å². The molecule has 3 rings (SSSR count). The highest BCUT2D eigenvalue weighted by Crippen LogP contribution is 2.83. The van der Waals surface area contributed by atoms with Crippen LogP contribution in [0.25, 0.3) is 0 Å². The highest BCUT2D eigenvalue weighted by atomic mass is 31.2. The SMILES string of the molecule is CC(C)(C)[P+](C1CCCCC1)(C1CCCCC1)C1CCCCC1. The molecule has 0 saturated heterocycles. The number of hydrogen-bond acceptors (Lipinski definition) is 0.